The van der Waals surface area contributed by atoms with Gasteiger partial charge < -0.3 is 0 Å². The molecule has 1 aromatic heterocycles. The maximum Gasteiger partial charge on any atom is 0.213 e. The number of aromatic nitrogens is 1. The quantitative estimate of drug-likeness (QED) is 0.516. The maximum atomic E-state index is 2.28. The Kier molecular flexibility index (Phi) is 4.03. The van der Waals surface area contributed by atoms with Gasteiger partial charge >= 0.3 is 0 Å². The molecule has 0 atom stereocenters. The number of hydrogen-bond acceptors (Lipinski definition) is 1. The molecule has 0 bridgehead atoms. The summed E-state index contributed by atoms with van der Waals surface area (Å²) in [6.07, 6.45) is 3.21. The Bertz CT molecular complexity index is 707. The number of nitrogens with zero attached hydrogens (tertiary/aromatic N) is 1. The van der Waals surface area contributed by atoms with E-state index in [2.05, 4.69) is 78.5 Å². The lowest BCUT2D eigenvalue weighted by molar-refractivity contribution is -0.645. The Morgan fingerprint density at radius 2 is 1.80 bits per heavy atom. The summed E-state index contributed by atoms with van der Waals surface area (Å²) in [6.45, 7) is 0. The first-order valence-electron chi connectivity index (χ1n) is 6.88. The minimum atomic E-state index is 1.12. The highest BCUT2D eigenvalue weighted by Crippen LogP contribution is 2.22. The third kappa shape index (κ3) is 3.02. The zero-order chi connectivity index (χ0) is 13.8. The lowest BCUT2D eigenvalue weighted by atomic mass is 10.2. The summed E-state index contributed by atoms with van der Waals surface area (Å²) in [5, 5.41) is 1.29. The molecule has 0 fully saturated rings. The average Bonchev–Trinajstić information content (AvgIpc) is 2.49. The van der Waals surface area contributed by atoms with Crippen molar-refractivity contribution >= 4 is 22.7 Å². The van der Waals surface area contributed by atoms with Crippen LogP contribution in [0.2, 0.25) is 0 Å². The zero-order valence-electron chi connectivity index (χ0n) is 11.6. The van der Waals surface area contributed by atoms with Crippen LogP contribution in [0.3, 0.4) is 0 Å². The first-order chi connectivity index (χ1) is 9.83. The molecule has 20 heavy (non-hydrogen) atoms. The average molecular weight is 280 g/mol. The predicted octanol–water partition coefficient (Wildman–Crippen LogP) is 4.00. The molecule has 3 rings (SSSR count). The predicted molar refractivity (Wildman–Crippen MR) is 86.0 cm³/mol. The maximum absolute atomic E-state index is 2.28. The summed E-state index contributed by atoms with van der Waals surface area (Å²) in [7, 11) is 2.10. The van der Waals surface area contributed by atoms with Crippen molar-refractivity contribution in [2.24, 2.45) is 7.05 Å². The van der Waals surface area contributed by atoms with Gasteiger partial charge in [0.25, 0.3) is 0 Å². The molecule has 0 saturated carbocycles. The van der Waals surface area contributed by atoms with E-state index < -0.39 is 0 Å². The molecule has 0 amide bonds. The summed E-state index contributed by atoms with van der Waals surface area (Å²) >= 11 is 1.93. The molecule has 0 radical (unpaired) electrons. The van der Waals surface area contributed by atoms with Gasteiger partial charge in [0.2, 0.25) is 5.52 Å². The minimum absolute atomic E-state index is 1.12. The molecule has 0 N–H and O–H groups in total. The summed E-state index contributed by atoms with van der Waals surface area (Å²) in [5.74, 6) is 1.12. The van der Waals surface area contributed by atoms with E-state index in [0.29, 0.717) is 0 Å². The van der Waals surface area contributed by atoms with Crippen LogP contribution in [0.5, 0.6) is 0 Å². The van der Waals surface area contributed by atoms with Crippen LogP contribution in [0.4, 0.5) is 0 Å². The largest absolute Gasteiger partial charge is 0.213 e. The summed E-state index contributed by atoms with van der Waals surface area (Å²) < 4.78 is 2.18. The van der Waals surface area contributed by atoms with Gasteiger partial charge in [-0.1, -0.05) is 30.3 Å². The fourth-order valence-corrected chi connectivity index (χ4v) is 3.28. The van der Waals surface area contributed by atoms with E-state index in [9.17, 15) is 0 Å². The van der Waals surface area contributed by atoms with Crippen LogP contribution in [0.15, 0.2) is 71.8 Å². The van der Waals surface area contributed by atoms with E-state index in [1.807, 2.05) is 11.8 Å². The van der Waals surface area contributed by atoms with Crippen molar-refractivity contribution < 1.29 is 4.57 Å². The number of fused-ring (bicyclic) bond motifs is 1. The van der Waals surface area contributed by atoms with Gasteiger partial charge in [0.15, 0.2) is 6.20 Å². The second-order valence-electron chi connectivity index (χ2n) is 4.92. The van der Waals surface area contributed by atoms with Crippen LogP contribution >= 0.6 is 11.8 Å². The SMILES string of the molecule is C[n+]1cccc2ccc(SCCc3ccccc3)cc21. The van der Waals surface area contributed by atoms with E-state index in [1.54, 1.807) is 0 Å². The van der Waals surface area contributed by atoms with E-state index in [0.717, 1.165) is 12.2 Å². The molecular formula is C18H18NS+. The summed E-state index contributed by atoms with van der Waals surface area (Å²) in [6, 6.07) is 21.6. The van der Waals surface area contributed by atoms with Gasteiger partial charge in [0.1, 0.15) is 7.05 Å². The Morgan fingerprint density at radius 3 is 2.65 bits per heavy atom. The fourth-order valence-electron chi connectivity index (χ4n) is 2.35. The second-order valence-corrected chi connectivity index (χ2v) is 6.09. The number of benzene rings is 2. The molecule has 2 heteroatoms. The lowest BCUT2D eigenvalue weighted by Gasteiger charge is -2.03. The first kappa shape index (κ1) is 13.2. The molecule has 1 heterocycles. The van der Waals surface area contributed by atoms with Crippen molar-refractivity contribution in [3.05, 3.63) is 72.4 Å². The van der Waals surface area contributed by atoms with Crippen molar-refractivity contribution in [1.29, 1.82) is 0 Å². The minimum Gasteiger partial charge on any atom is -0.201 e. The van der Waals surface area contributed by atoms with Crippen LogP contribution in [0.1, 0.15) is 5.56 Å². The number of pyridine rings is 1. The number of aryl methyl sites for hydroxylation is 2. The highest BCUT2D eigenvalue weighted by atomic mass is 32.2. The van der Waals surface area contributed by atoms with Gasteiger partial charge in [-0.05, 0) is 30.2 Å². The first-order valence-corrected chi connectivity index (χ1v) is 7.87. The monoisotopic (exact) mass is 280 g/mol. The Morgan fingerprint density at radius 1 is 0.950 bits per heavy atom. The molecule has 100 valence electrons. The van der Waals surface area contributed by atoms with Gasteiger partial charge in [0, 0.05) is 28.2 Å². The molecule has 2 aromatic carbocycles. The van der Waals surface area contributed by atoms with Crippen LogP contribution in [-0.4, -0.2) is 5.75 Å². The fraction of sp³-hybridized carbons (Fsp3) is 0.167. The number of rotatable bonds is 4. The van der Waals surface area contributed by atoms with E-state index in [1.165, 1.54) is 21.4 Å². The molecule has 0 unspecified atom stereocenters. The molecule has 0 aliphatic rings. The number of thioether (sulfide) groups is 1. The number of hydrogen-bond donors (Lipinski definition) is 0. The molecule has 0 spiro atoms. The van der Waals surface area contributed by atoms with Crippen molar-refractivity contribution in [3.63, 3.8) is 0 Å². The molecule has 0 aliphatic heterocycles. The van der Waals surface area contributed by atoms with Crippen LogP contribution < -0.4 is 4.57 Å². The molecule has 0 aliphatic carbocycles. The summed E-state index contributed by atoms with van der Waals surface area (Å²) in [5.41, 5.74) is 2.70. The molecular weight excluding hydrogens is 262 g/mol. The van der Waals surface area contributed by atoms with Gasteiger partial charge in [-0.3, -0.25) is 0 Å². The van der Waals surface area contributed by atoms with Crippen molar-refractivity contribution in [2.75, 3.05) is 5.75 Å². The molecule has 0 saturated heterocycles. The Labute approximate surface area is 124 Å². The van der Waals surface area contributed by atoms with E-state index in [-0.39, 0.29) is 0 Å². The van der Waals surface area contributed by atoms with Crippen molar-refractivity contribution in [2.45, 2.75) is 11.3 Å². The zero-order valence-corrected chi connectivity index (χ0v) is 12.4. The Balaban J connectivity index is 1.70. The third-order valence-corrected chi connectivity index (χ3v) is 4.47. The van der Waals surface area contributed by atoms with Gasteiger partial charge in [-0.2, -0.15) is 0 Å². The highest BCUT2D eigenvalue weighted by molar-refractivity contribution is 7.99. The molecule has 1 nitrogen and oxygen atoms in total. The molecule has 3 aromatic rings. The van der Waals surface area contributed by atoms with Crippen LogP contribution in [0, 0.1) is 0 Å². The summed E-state index contributed by atoms with van der Waals surface area (Å²) in [4.78, 5) is 1.34. The van der Waals surface area contributed by atoms with E-state index >= 15 is 0 Å². The van der Waals surface area contributed by atoms with Crippen LogP contribution in [0.25, 0.3) is 10.9 Å². The Hall–Kier alpha value is -1.80. The van der Waals surface area contributed by atoms with Crippen LogP contribution in [-0.2, 0) is 13.5 Å². The third-order valence-electron chi connectivity index (χ3n) is 3.47. The smallest absolute Gasteiger partial charge is 0.201 e. The second kappa shape index (κ2) is 6.10. The van der Waals surface area contributed by atoms with Gasteiger partial charge in [-0.15, -0.1) is 11.8 Å². The van der Waals surface area contributed by atoms with E-state index in [4.69, 9.17) is 0 Å². The van der Waals surface area contributed by atoms with Gasteiger partial charge in [-0.25, -0.2) is 4.57 Å². The standard InChI is InChI=1S/C18H18NS/c1-19-12-5-8-16-9-10-17(14-18(16)19)20-13-11-15-6-3-2-4-7-15/h2-10,12,14H,11,13H2,1H3/q+1. The highest BCUT2D eigenvalue weighted by Gasteiger charge is 2.05. The van der Waals surface area contributed by atoms with Gasteiger partial charge in [0.05, 0.1) is 0 Å². The van der Waals surface area contributed by atoms with Crippen molar-refractivity contribution in [1.82, 2.24) is 0 Å². The normalized spacial score (nSPS) is 10.8. The van der Waals surface area contributed by atoms with Crippen molar-refractivity contribution in [3.8, 4) is 0 Å². The lowest BCUT2D eigenvalue weighted by Crippen LogP contribution is -2.27. The topological polar surface area (TPSA) is 3.88 Å².